The van der Waals surface area contributed by atoms with E-state index >= 15 is 0 Å². The minimum atomic E-state index is -0.237. The summed E-state index contributed by atoms with van der Waals surface area (Å²) < 4.78 is 0. The van der Waals surface area contributed by atoms with Crippen LogP contribution in [0.5, 0.6) is 0 Å². The number of hydrogen-bond acceptors (Lipinski definition) is 2. The number of hydrogen-bond donors (Lipinski definition) is 2. The summed E-state index contributed by atoms with van der Waals surface area (Å²) in [7, 11) is 0. The van der Waals surface area contributed by atoms with Crippen molar-refractivity contribution in [3.8, 4) is 0 Å². The van der Waals surface area contributed by atoms with E-state index in [2.05, 4.69) is 24.5 Å². The maximum atomic E-state index is 12.0. The Kier molecular flexibility index (Phi) is 4.77. The molecule has 1 aromatic rings. The third kappa shape index (κ3) is 3.83. The maximum absolute atomic E-state index is 12.0. The van der Waals surface area contributed by atoms with Gasteiger partial charge in [-0.05, 0) is 36.8 Å². The van der Waals surface area contributed by atoms with Crippen LogP contribution in [0.1, 0.15) is 44.2 Å². The van der Waals surface area contributed by atoms with Crippen molar-refractivity contribution in [1.29, 1.82) is 0 Å². The topological polar surface area (TPSA) is 58.2 Å². The van der Waals surface area contributed by atoms with Gasteiger partial charge >= 0.3 is 0 Å². The molecule has 0 radical (unpaired) electrons. The van der Waals surface area contributed by atoms with Gasteiger partial charge in [-0.1, -0.05) is 32.0 Å². The second kappa shape index (κ2) is 6.55. The highest BCUT2D eigenvalue weighted by Crippen LogP contribution is 2.23. The van der Waals surface area contributed by atoms with Crippen LogP contribution in [-0.4, -0.2) is 17.9 Å². The second-order valence-corrected chi connectivity index (χ2v) is 5.23. The molecule has 0 atom stereocenters. The van der Waals surface area contributed by atoms with E-state index in [0.29, 0.717) is 6.04 Å². The number of rotatable bonds is 6. The zero-order valence-corrected chi connectivity index (χ0v) is 12.2. The molecule has 2 N–H and O–H groups in total. The van der Waals surface area contributed by atoms with Crippen molar-refractivity contribution >= 4 is 17.5 Å². The Balaban J connectivity index is 2.00. The molecule has 0 saturated heterocycles. The van der Waals surface area contributed by atoms with Crippen molar-refractivity contribution in [1.82, 2.24) is 5.32 Å². The Morgan fingerprint density at radius 1 is 1.10 bits per heavy atom. The lowest BCUT2D eigenvalue weighted by molar-refractivity contribution is -0.126. The molecule has 20 heavy (non-hydrogen) atoms. The minimum absolute atomic E-state index is 0.0995. The van der Waals surface area contributed by atoms with E-state index in [1.165, 1.54) is 0 Å². The summed E-state index contributed by atoms with van der Waals surface area (Å²) in [4.78, 5) is 23.6. The van der Waals surface area contributed by atoms with E-state index in [1.54, 1.807) is 0 Å². The van der Waals surface area contributed by atoms with Crippen LogP contribution in [0.15, 0.2) is 18.2 Å². The van der Waals surface area contributed by atoms with Crippen LogP contribution in [-0.2, 0) is 22.4 Å². The third-order valence-electron chi connectivity index (χ3n) is 3.53. The minimum Gasteiger partial charge on any atom is -0.353 e. The molecule has 1 aliphatic rings. The predicted molar refractivity (Wildman–Crippen MR) is 79.6 cm³/mol. The molecule has 0 aliphatic heterocycles. The lowest BCUT2D eigenvalue weighted by atomic mass is 10.0. The van der Waals surface area contributed by atoms with Crippen LogP contribution in [0.4, 0.5) is 5.69 Å². The van der Waals surface area contributed by atoms with Crippen LogP contribution >= 0.6 is 0 Å². The molecule has 2 rings (SSSR count). The smallest absolute Gasteiger partial charge is 0.233 e. The Morgan fingerprint density at radius 3 is 2.20 bits per heavy atom. The molecule has 1 aromatic carbocycles. The van der Waals surface area contributed by atoms with Gasteiger partial charge in [0.05, 0.1) is 0 Å². The fourth-order valence-corrected chi connectivity index (χ4v) is 2.24. The number of nitrogens with one attached hydrogen (secondary N) is 2. The van der Waals surface area contributed by atoms with Crippen LogP contribution < -0.4 is 10.6 Å². The average Bonchev–Trinajstić information content (AvgIpc) is 3.22. The first-order valence-corrected chi connectivity index (χ1v) is 7.34. The Hall–Kier alpha value is -1.84. The van der Waals surface area contributed by atoms with Crippen molar-refractivity contribution in [2.75, 3.05) is 5.32 Å². The Labute approximate surface area is 119 Å². The predicted octanol–water partition coefficient (Wildman–Crippen LogP) is 2.42. The highest BCUT2D eigenvalue weighted by molar-refractivity contribution is 6.04. The molecule has 1 fully saturated rings. The summed E-state index contributed by atoms with van der Waals surface area (Å²) in [6.45, 7) is 4.12. The van der Waals surface area contributed by atoms with Gasteiger partial charge in [-0.15, -0.1) is 0 Å². The van der Waals surface area contributed by atoms with Crippen LogP contribution in [0.25, 0.3) is 0 Å². The fraction of sp³-hybridized carbons (Fsp3) is 0.500. The second-order valence-electron chi connectivity index (χ2n) is 5.23. The number of carbonyl (C=O) groups is 2. The van der Waals surface area contributed by atoms with Gasteiger partial charge in [-0.3, -0.25) is 9.59 Å². The van der Waals surface area contributed by atoms with Gasteiger partial charge in [0.15, 0.2) is 0 Å². The standard InChI is InChI=1S/C16H22N2O2/c1-3-11-6-5-7-12(4-2)16(11)18-15(20)10-14(19)17-13-8-9-13/h5-7,13H,3-4,8-10H2,1-2H3,(H,17,19)(H,18,20). The third-order valence-corrected chi connectivity index (χ3v) is 3.53. The Morgan fingerprint density at radius 2 is 1.70 bits per heavy atom. The number of aryl methyl sites for hydroxylation is 2. The van der Waals surface area contributed by atoms with Gasteiger partial charge < -0.3 is 10.6 Å². The van der Waals surface area contributed by atoms with Gasteiger partial charge in [-0.2, -0.15) is 0 Å². The molecule has 2 amide bonds. The van der Waals surface area contributed by atoms with Crippen LogP contribution in [0.2, 0.25) is 0 Å². The van der Waals surface area contributed by atoms with Crippen molar-refractivity contribution < 1.29 is 9.59 Å². The average molecular weight is 274 g/mol. The molecule has 0 spiro atoms. The zero-order chi connectivity index (χ0) is 14.5. The molecule has 4 nitrogen and oxygen atoms in total. The summed E-state index contributed by atoms with van der Waals surface area (Å²) >= 11 is 0. The first kappa shape index (κ1) is 14.6. The maximum Gasteiger partial charge on any atom is 0.233 e. The van der Waals surface area contributed by atoms with Gasteiger partial charge in [-0.25, -0.2) is 0 Å². The van der Waals surface area contributed by atoms with Crippen molar-refractivity contribution in [3.05, 3.63) is 29.3 Å². The number of para-hydroxylation sites is 1. The number of amides is 2. The molecule has 108 valence electrons. The molecular formula is C16H22N2O2. The highest BCUT2D eigenvalue weighted by Gasteiger charge is 2.24. The largest absolute Gasteiger partial charge is 0.353 e. The van der Waals surface area contributed by atoms with Crippen molar-refractivity contribution in [2.24, 2.45) is 0 Å². The Bertz CT molecular complexity index is 485. The van der Waals surface area contributed by atoms with Gasteiger partial charge in [0.2, 0.25) is 11.8 Å². The molecule has 1 aliphatic carbocycles. The summed E-state index contributed by atoms with van der Waals surface area (Å²) in [6, 6.07) is 6.33. The summed E-state index contributed by atoms with van der Waals surface area (Å²) in [6.07, 6.45) is 3.69. The molecule has 0 heterocycles. The molecule has 0 aromatic heterocycles. The first-order valence-electron chi connectivity index (χ1n) is 7.34. The van der Waals surface area contributed by atoms with Gasteiger partial charge in [0.1, 0.15) is 6.42 Å². The lowest BCUT2D eigenvalue weighted by Gasteiger charge is -2.14. The van der Waals surface area contributed by atoms with E-state index in [4.69, 9.17) is 0 Å². The summed E-state index contributed by atoms with van der Waals surface area (Å²) in [5.74, 6) is -0.421. The molecular weight excluding hydrogens is 252 g/mol. The quantitative estimate of drug-likeness (QED) is 0.783. The van der Waals surface area contributed by atoms with Crippen molar-refractivity contribution in [2.45, 2.75) is 52.0 Å². The van der Waals surface area contributed by atoms with Gasteiger partial charge in [0.25, 0.3) is 0 Å². The van der Waals surface area contributed by atoms with Crippen molar-refractivity contribution in [3.63, 3.8) is 0 Å². The summed E-state index contributed by atoms with van der Waals surface area (Å²) in [5.41, 5.74) is 3.10. The highest BCUT2D eigenvalue weighted by atomic mass is 16.2. The van der Waals surface area contributed by atoms with E-state index in [-0.39, 0.29) is 18.2 Å². The lowest BCUT2D eigenvalue weighted by Crippen LogP contribution is -2.29. The molecule has 0 unspecified atom stereocenters. The SMILES string of the molecule is CCc1cccc(CC)c1NC(=O)CC(=O)NC1CC1. The van der Waals surface area contributed by atoms with E-state index < -0.39 is 0 Å². The monoisotopic (exact) mass is 274 g/mol. The number of benzene rings is 1. The molecule has 4 heteroatoms. The fourth-order valence-electron chi connectivity index (χ4n) is 2.24. The number of anilines is 1. The zero-order valence-electron chi connectivity index (χ0n) is 12.2. The van der Waals surface area contributed by atoms with E-state index in [1.807, 2.05) is 18.2 Å². The van der Waals surface area contributed by atoms with E-state index in [9.17, 15) is 9.59 Å². The van der Waals surface area contributed by atoms with Crippen LogP contribution in [0, 0.1) is 0 Å². The first-order chi connectivity index (χ1) is 9.63. The van der Waals surface area contributed by atoms with Crippen LogP contribution in [0.3, 0.4) is 0 Å². The van der Waals surface area contributed by atoms with Gasteiger partial charge in [0, 0.05) is 11.7 Å². The van der Waals surface area contributed by atoms with E-state index in [0.717, 1.165) is 42.5 Å². The summed E-state index contributed by atoms with van der Waals surface area (Å²) in [5, 5.41) is 5.73. The normalized spacial score (nSPS) is 13.9. The molecule has 1 saturated carbocycles. The molecule has 0 bridgehead atoms. The number of carbonyl (C=O) groups excluding carboxylic acids is 2.